The summed E-state index contributed by atoms with van der Waals surface area (Å²) in [5.74, 6) is 0. The van der Waals surface area contributed by atoms with Gasteiger partial charge in [0.15, 0.2) is 0 Å². The van der Waals surface area contributed by atoms with Crippen molar-refractivity contribution < 1.29 is 13.2 Å². The number of aryl methyl sites for hydroxylation is 1. The Balaban J connectivity index is 2.94. The van der Waals surface area contributed by atoms with Crippen LogP contribution in [-0.2, 0) is 14.8 Å². The Hall–Kier alpha value is -1.11. The Morgan fingerprint density at radius 1 is 1.37 bits per heavy atom. The van der Waals surface area contributed by atoms with Crippen LogP contribution in [0.4, 0.5) is 5.69 Å². The standard InChI is InChI=1S/C13H22N2O3S/c1-5-18-13(3,4)9-15-19(16,17)12-10(2)7-6-8-11(12)14/h6-8,15H,5,9,14H2,1-4H3. The average molecular weight is 286 g/mol. The predicted octanol–water partition coefficient (Wildman–Crippen LogP) is 1.67. The summed E-state index contributed by atoms with van der Waals surface area (Å²) in [6.45, 7) is 7.98. The van der Waals surface area contributed by atoms with Crippen LogP contribution in [0, 0.1) is 6.92 Å². The van der Waals surface area contributed by atoms with Gasteiger partial charge in [-0.3, -0.25) is 0 Å². The summed E-state index contributed by atoms with van der Waals surface area (Å²) < 4.78 is 32.6. The number of ether oxygens (including phenoxy) is 1. The summed E-state index contributed by atoms with van der Waals surface area (Å²) in [7, 11) is -3.63. The van der Waals surface area contributed by atoms with E-state index in [1.165, 1.54) is 0 Å². The molecule has 0 amide bonds. The summed E-state index contributed by atoms with van der Waals surface area (Å²) in [5.41, 5.74) is 6.08. The second kappa shape index (κ2) is 5.90. The maximum absolute atomic E-state index is 12.3. The molecule has 5 nitrogen and oxygen atoms in total. The lowest BCUT2D eigenvalue weighted by Gasteiger charge is -2.25. The lowest BCUT2D eigenvalue weighted by atomic mass is 10.1. The zero-order valence-electron chi connectivity index (χ0n) is 11.9. The molecule has 0 saturated heterocycles. The maximum atomic E-state index is 12.3. The van der Waals surface area contributed by atoms with E-state index in [1.54, 1.807) is 25.1 Å². The Morgan fingerprint density at radius 2 is 2.00 bits per heavy atom. The third-order valence-electron chi connectivity index (χ3n) is 2.73. The van der Waals surface area contributed by atoms with Crippen LogP contribution in [0.3, 0.4) is 0 Å². The van der Waals surface area contributed by atoms with Crippen molar-refractivity contribution in [3.05, 3.63) is 23.8 Å². The first-order valence-corrected chi connectivity index (χ1v) is 7.66. The van der Waals surface area contributed by atoms with E-state index >= 15 is 0 Å². The molecular formula is C13H22N2O3S. The third-order valence-corrected chi connectivity index (χ3v) is 4.35. The van der Waals surface area contributed by atoms with E-state index in [9.17, 15) is 8.42 Å². The summed E-state index contributed by atoms with van der Waals surface area (Å²) in [6, 6.07) is 5.03. The fourth-order valence-electron chi connectivity index (χ4n) is 1.83. The zero-order chi connectivity index (χ0) is 14.7. The van der Waals surface area contributed by atoms with Gasteiger partial charge in [-0.15, -0.1) is 0 Å². The van der Waals surface area contributed by atoms with E-state index in [4.69, 9.17) is 10.5 Å². The lowest BCUT2D eigenvalue weighted by molar-refractivity contribution is -0.00515. The van der Waals surface area contributed by atoms with Crippen molar-refractivity contribution in [3.8, 4) is 0 Å². The minimum absolute atomic E-state index is 0.141. The van der Waals surface area contributed by atoms with Crippen LogP contribution in [0.2, 0.25) is 0 Å². The van der Waals surface area contributed by atoms with Crippen LogP contribution in [0.15, 0.2) is 23.1 Å². The SMILES string of the molecule is CCOC(C)(C)CNS(=O)(=O)c1c(C)cccc1N. The van der Waals surface area contributed by atoms with Crippen LogP contribution in [0.5, 0.6) is 0 Å². The number of anilines is 1. The second-order valence-corrected chi connectivity index (χ2v) is 6.71. The van der Waals surface area contributed by atoms with Crippen LogP contribution < -0.4 is 10.5 Å². The first-order chi connectivity index (χ1) is 8.69. The quantitative estimate of drug-likeness (QED) is 0.779. The molecule has 19 heavy (non-hydrogen) atoms. The molecule has 0 spiro atoms. The van der Waals surface area contributed by atoms with Crippen molar-refractivity contribution in [3.63, 3.8) is 0 Å². The van der Waals surface area contributed by atoms with E-state index in [-0.39, 0.29) is 17.1 Å². The van der Waals surface area contributed by atoms with Gasteiger partial charge in [0.2, 0.25) is 10.0 Å². The van der Waals surface area contributed by atoms with Gasteiger partial charge < -0.3 is 10.5 Å². The van der Waals surface area contributed by atoms with Gasteiger partial charge in [-0.1, -0.05) is 12.1 Å². The van der Waals surface area contributed by atoms with Gasteiger partial charge in [-0.2, -0.15) is 0 Å². The largest absolute Gasteiger partial charge is 0.398 e. The molecule has 1 aromatic rings. The number of sulfonamides is 1. The van der Waals surface area contributed by atoms with E-state index in [1.807, 2.05) is 20.8 Å². The summed E-state index contributed by atoms with van der Waals surface area (Å²) >= 11 is 0. The highest BCUT2D eigenvalue weighted by Gasteiger charge is 2.24. The molecule has 3 N–H and O–H groups in total. The first-order valence-electron chi connectivity index (χ1n) is 6.18. The molecule has 6 heteroatoms. The summed E-state index contributed by atoms with van der Waals surface area (Å²) in [5, 5.41) is 0. The molecule has 0 saturated carbocycles. The molecule has 0 aromatic heterocycles. The van der Waals surface area contributed by atoms with Gasteiger partial charge in [0.25, 0.3) is 0 Å². The molecule has 0 aliphatic carbocycles. The molecule has 0 fully saturated rings. The molecule has 0 bridgehead atoms. The lowest BCUT2D eigenvalue weighted by Crippen LogP contribution is -2.40. The Morgan fingerprint density at radius 3 is 2.53 bits per heavy atom. The molecular weight excluding hydrogens is 264 g/mol. The van der Waals surface area contributed by atoms with Gasteiger partial charge >= 0.3 is 0 Å². The monoisotopic (exact) mass is 286 g/mol. The molecule has 1 aromatic carbocycles. The number of benzene rings is 1. The predicted molar refractivity (Wildman–Crippen MR) is 76.5 cm³/mol. The number of rotatable bonds is 6. The smallest absolute Gasteiger partial charge is 0.242 e. The van der Waals surface area contributed by atoms with Crippen molar-refractivity contribution in [2.45, 2.75) is 38.2 Å². The maximum Gasteiger partial charge on any atom is 0.242 e. The van der Waals surface area contributed by atoms with Gasteiger partial charge in [0, 0.05) is 13.2 Å². The van der Waals surface area contributed by atoms with E-state index < -0.39 is 15.6 Å². The van der Waals surface area contributed by atoms with Crippen LogP contribution in [0.1, 0.15) is 26.3 Å². The highest BCUT2D eigenvalue weighted by molar-refractivity contribution is 7.89. The van der Waals surface area contributed by atoms with Crippen molar-refractivity contribution in [1.82, 2.24) is 4.72 Å². The van der Waals surface area contributed by atoms with Crippen molar-refractivity contribution in [2.75, 3.05) is 18.9 Å². The number of hydrogen-bond acceptors (Lipinski definition) is 4. The van der Waals surface area contributed by atoms with Crippen LogP contribution in [0.25, 0.3) is 0 Å². The minimum Gasteiger partial charge on any atom is -0.398 e. The molecule has 108 valence electrons. The van der Waals surface area contributed by atoms with Crippen molar-refractivity contribution in [2.24, 2.45) is 0 Å². The number of nitrogens with one attached hydrogen (secondary N) is 1. The van der Waals surface area contributed by atoms with Crippen LogP contribution in [-0.4, -0.2) is 27.2 Å². The highest BCUT2D eigenvalue weighted by Crippen LogP contribution is 2.22. The van der Waals surface area contributed by atoms with Gasteiger partial charge in [-0.25, -0.2) is 13.1 Å². The number of nitrogens with two attached hydrogens (primary N) is 1. The topological polar surface area (TPSA) is 81.4 Å². The minimum atomic E-state index is -3.63. The summed E-state index contributed by atoms with van der Waals surface area (Å²) in [4.78, 5) is 0.141. The molecule has 0 aliphatic rings. The highest BCUT2D eigenvalue weighted by atomic mass is 32.2. The fraction of sp³-hybridized carbons (Fsp3) is 0.538. The Bertz CT molecular complexity index is 519. The Kier molecular flexibility index (Phi) is 4.95. The number of nitrogen functional groups attached to an aromatic ring is 1. The third kappa shape index (κ3) is 4.19. The molecule has 0 aliphatic heterocycles. The van der Waals surface area contributed by atoms with E-state index in [0.717, 1.165) is 0 Å². The first kappa shape index (κ1) is 15.9. The summed E-state index contributed by atoms with van der Waals surface area (Å²) in [6.07, 6.45) is 0. The van der Waals surface area contributed by atoms with Gasteiger partial charge in [-0.05, 0) is 39.3 Å². The van der Waals surface area contributed by atoms with E-state index in [0.29, 0.717) is 12.2 Å². The second-order valence-electron chi connectivity index (χ2n) is 5.01. The fourth-order valence-corrected chi connectivity index (χ4v) is 3.38. The molecule has 0 unspecified atom stereocenters. The molecule has 0 atom stereocenters. The van der Waals surface area contributed by atoms with Crippen LogP contribution >= 0.6 is 0 Å². The zero-order valence-corrected chi connectivity index (χ0v) is 12.7. The van der Waals surface area contributed by atoms with Gasteiger partial charge in [0.05, 0.1) is 11.3 Å². The van der Waals surface area contributed by atoms with E-state index in [2.05, 4.69) is 4.72 Å². The van der Waals surface area contributed by atoms with Gasteiger partial charge in [0.1, 0.15) is 4.90 Å². The number of hydrogen-bond donors (Lipinski definition) is 2. The molecule has 0 radical (unpaired) electrons. The van der Waals surface area contributed by atoms with Crippen molar-refractivity contribution in [1.29, 1.82) is 0 Å². The average Bonchev–Trinajstić information content (AvgIpc) is 2.26. The molecule has 1 rings (SSSR count). The van der Waals surface area contributed by atoms with Crippen molar-refractivity contribution >= 4 is 15.7 Å². The Labute approximate surface area is 115 Å². The normalized spacial score (nSPS) is 12.6. The molecule has 0 heterocycles.